The van der Waals surface area contributed by atoms with E-state index >= 15 is 0 Å². The van der Waals surface area contributed by atoms with E-state index in [4.69, 9.17) is 0 Å². The van der Waals surface area contributed by atoms with Crippen LogP contribution in [0.2, 0.25) is 0 Å². The van der Waals surface area contributed by atoms with Gasteiger partial charge in [0.2, 0.25) is 11.8 Å². The molecule has 2 N–H and O–H groups in total. The second-order valence-electron chi connectivity index (χ2n) is 6.36. The Kier molecular flexibility index (Phi) is 6.69. The standard InChI is InChI=1S/C18H27N3O2S/c1-12-9-13(2)17(14(3)10-12)20-16(22)11-19-18(23)15(4)21-5-7-24-8-6-21/h9-10,15H,5-8,11H2,1-4H3,(H,19,23)(H,20,22)/t15-/m0/s1. The molecule has 0 unspecified atom stereocenters. The lowest BCUT2D eigenvalue weighted by Gasteiger charge is -2.31. The first-order valence-corrected chi connectivity index (χ1v) is 9.51. The van der Waals surface area contributed by atoms with Crippen LogP contribution in [0.1, 0.15) is 23.6 Å². The van der Waals surface area contributed by atoms with Gasteiger partial charge in [0.1, 0.15) is 0 Å². The summed E-state index contributed by atoms with van der Waals surface area (Å²) in [5.41, 5.74) is 4.07. The molecule has 1 heterocycles. The highest BCUT2D eigenvalue weighted by molar-refractivity contribution is 7.99. The van der Waals surface area contributed by atoms with Gasteiger partial charge in [-0.3, -0.25) is 14.5 Å². The fourth-order valence-corrected chi connectivity index (χ4v) is 3.94. The van der Waals surface area contributed by atoms with Crippen LogP contribution in [0.3, 0.4) is 0 Å². The molecule has 1 aromatic carbocycles. The summed E-state index contributed by atoms with van der Waals surface area (Å²) in [5, 5.41) is 5.66. The summed E-state index contributed by atoms with van der Waals surface area (Å²) in [5.74, 6) is 1.84. The van der Waals surface area contributed by atoms with Crippen molar-refractivity contribution in [1.82, 2.24) is 10.2 Å². The second kappa shape index (κ2) is 8.53. The number of anilines is 1. The zero-order valence-electron chi connectivity index (χ0n) is 14.9. The van der Waals surface area contributed by atoms with E-state index in [9.17, 15) is 9.59 Å². The Balaban J connectivity index is 1.85. The van der Waals surface area contributed by atoms with Gasteiger partial charge in [-0.2, -0.15) is 11.8 Å². The number of carbonyl (C=O) groups is 2. The number of nitrogens with zero attached hydrogens (tertiary/aromatic N) is 1. The van der Waals surface area contributed by atoms with E-state index in [0.29, 0.717) is 0 Å². The second-order valence-corrected chi connectivity index (χ2v) is 7.59. The van der Waals surface area contributed by atoms with E-state index in [0.717, 1.165) is 41.4 Å². The average molecular weight is 350 g/mol. The molecular formula is C18H27N3O2S. The van der Waals surface area contributed by atoms with Gasteiger partial charge in [0.15, 0.2) is 0 Å². The molecule has 0 aliphatic carbocycles. The lowest BCUT2D eigenvalue weighted by molar-refractivity contribution is -0.127. The van der Waals surface area contributed by atoms with E-state index < -0.39 is 0 Å². The highest BCUT2D eigenvalue weighted by Gasteiger charge is 2.23. The molecular weight excluding hydrogens is 322 g/mol. The van der Waals surface area contributed by atoms with Crippen LogP contribution in [0, 0.1) is 20.8 Å². The van der Waals surface area contributed by atoms with Crippen LogP contribution in [-0.4, -0.2) is 53.9 Å². The third kappa shape index (κ3) is 4.98. The first-order chi connectivity index (χ1) is 11.4. The maximum absolute atomic E-state index is 12.2. The van der Waals surface area contributed by atoms with Crippen molar-refractivity contribution in [2.75, 3.05) is 36.5 Å². The first kappa shape index (κ1) is 18.8. The fourth-order valence-electron chi connectivity index (χ4n) is 3.01. The average Bonchev–Trinajstić information content (AvgIpc) is 2.56. The van der Waals surface area contributed by atoms with Crippen LogP contribution in [0.5, 0.6) is 0 Å². The molecule has 132 valence electrons. The van der Waals surface area contributed by atoms with Crippen molar-refractivity contribution in [1.29, 1.82) is 0 Å². The van der Waals surface area contributed by atoms with Gasteiger partial charge in [-0.05, 0) is 38.8 Å². The molecule has 1 atom stereocenters. The number of benzene rings is 1. The van der Waals surface area contributed by atoms with Crippen LogP contribution in [0.4, 0.5) is 5.69 Å². The van der Waals surface area contributed by atoms with Gasteiger partial charge in [-0.15, -0.1) is 0 Å². The van der Waals surface area contributed by atoms with Gasteiger partial charge in [0, 0.05) is 30.3 Å². The van der Waals surface area contributed by atoms with Crippen LogP contribution in [0.25, 0.3) is 0 Å². The van der Waals surface area contributed by atoms with Crippen molar-refractivity contribution in [3.05, 3.63) is 28.8 Å². The SMILES string of the molecule is Cc1cc(C)c(NC(=O)CNC(=O)[C@H](C)N2CCSCC2)c(C)c1. The minimum Gasteiger partial charge on any atom is -0.346 e. The summed E-state index contributed by atoms with van der Waals surface area (Å²) < 4.78 is 0. The van der Waals surface area contributed by atoms with Gasteiger partial charge in [0.25, 0.3) is 0 Å². The van der Waals surface area contributed by atoms with E-state index in [-0.39, 0.29) is 24.4 Å². The van der Waals surface area contributed by atoms with Crippen LogP contribution >= 0.6 is 11.8 Å². The molecule has 1 saturated heterocycles. The Bertz CT molecular complexity index is 589. The van der Waals surface area contributed by atoms with Gasteiger partial charge in [-0.1, -0.05) is 17.7 Å². The normalized spacial score (nSPS) is 16.5. The number of carbonyl (C=O) groups excluding carboxylic acids is 2. The van der Waals surface area contributed by atoms with E-state index in [1.165, 1.54) is 5.56 Å². The zero-order valence-corrected chi connectivity index (χ0v) is 15.8. The largest absolute Gasteiger partial charge is 0.346 e. The monoisotopic (exact) mass is 349 g/mol. The predicted molar refractivity (Wildman–Crippen MR) is 101 cm³/mol. The molecule has 0 saturated carbocycles. The molecule has 1 aromatic rings. The molecule has 6 heteroatoms. The number of thioether (sulfide) groups is 1. The van der Waals surface area contributed by atoms with Crippen LogP contribution < -0.4 is 10.6 Å². The number of aryl methyl sites for hydroxylation is 3. The topological polar surface area (TPSA) is 61.4 Å². The number of hydrogen-bond acceptors (Lipinski definition) is 4. The van der Waals surface area contributed by atoms with Crippen molar-refractivity contribution in [2.45, 2.75) is 33.7 Å². The van der Waals surface area contributed by atoms with Crippen LogP contribution in [-0.2, 0) is 9.59 Å². The third-order valence-corrected chi connectivity index (χ3v) is 5.28. The molecule has 0 aromatic heterocycles. The smallest absolute Gasteiger partial charge is 0.243 e. The Hall–Kier alpha value is -1.53. The number of hydrogen-bond donors (Lipinski definition) is 2. The quantitative estimate of drug-likeness (QED) is 0.855. The maximum Gasteiger partial charge on any atom is 0.243 e. The summed E-state index contributed by atoms with van der Waals surface area (Å²) in [6, 6.07) is 3.89. The zero-order chi connectivity index (χ0) is 17.7. The highest BCUT2D eigenvalue weighted by atomic mass is 32.2. The summed E-state index contributed by atoms with van der Waals surface area (Å²) >= 11 is 1.91. The highest BCUT2D eigenvalue weighted by Crippen LogP contribution is 2.21. The summed E-state index contributed by atoms with van der Waals surface area (Å²) in [7, 11) is 0. The van der Waals surface area contributed by atoms with Crippen molar-refractivity contribution in [2.24, 2.45) is 0 Å². The molecule has 1 fully saturated rings. The minimum absolute atomic E-state index is 0.00147. The summed E-state index contributed by atoms with van der Waals surface area (Å²) in [4.78, 5) is 26.6. The molecule has 2 amide bonds. The molecule has 0 radical (unpaired) electrons. The van der Waals surface area contributed by atoms with Crippen molar-refractivity contribution >= 4 is 29.3 Å². The van der Waals surface area contributed by atoms with Crippen molar-refractivity contribution in [3.63, 3.8) is 0 Å². The molecule has 1 aliphatic rings. The molecule has 0 bridgehead atoms. The minimum atomic E-state index is -0.195. The molecule has 1 aliphatic heterocycles. The van der Waals surface area contributed by atoms with Crippen molar-refractivity contribution in [3.8, 4) is 0 Å². The molecule has 24 heavy (non-hydrogen) atoms. The van der Waals surface area contributed by atoms with Gasteiger partial charge >= 0.3 is 0 Å². The number of rotatable bonds is 5. The van der Waals surface area contributed by atoms with Gasteiger partial charge in [-0.25, -0.2) is 0 Å². The Labute approximate surface area is 148 Å². The van der Waals surface area contributed by atoms with E-state index in [1.807, 2.05) is 51.6 Å². The summed E-state index contributed by atoms with van der Waals surface area (Å²) in [6.07, 6.45) is 0. The maximum atomic E-state index is 12.2. The number of amides is 2. The Morgan fingerprint density at radius 2 is 1.75 bits per heavy atom. The first-order valence-electron chi connectivity index (χ1n) is 8.35. The molecule has 0 spiro atoms. The van der Waals surface area contributed by atoms with E-state index in [1.54, 1.807) is 0 Å². The number of nitrogens with one attached hydrogen (secondary N) is 2. The van der Waals surface area contributed by atoms with Crippen molar-refractivity contribution < 1.29 is 9.59 Å². The lowest BCUT2D eigenvalue weighted by atomic mass is 10.1. The molecule has 2 rings (SSSR count). The third-order valence-electron chi connectivity index (χ3n) is 4.34. The summed E-state index contributed by atoms with van der Waals surface area (Å²) in [6.45, 7) is 9.73. The van der Waals surface area contributed by atoms with Crippen LogP contribution in [0.15, 0.2) is 12.1 Å². The van der Waals surface area contributed by atoms with Gasteiger partial charge in [0.05, 0.1) is 12.6 Å². The Morgan fingerprint density at radius 3 is 2.33 bits per heavy atom. The van der Waals surface area contributed by atoms with E-state index in [2.05, 4.69) is 15.5 Å². The Morgan fingerprint density at radius 1 is 1.17 bits per heavy atom. The van der Waals surface area contributed by atoms with Gasteiger partial charge < -0.3 is 10.6 Å². The molecule has 5 nitrogen and oxygen atoms in total. The predicted octanol–water partition coefficient (Wildman–Crippen LogP) is 2.10. The lowest BCUT2D eigenvalue weighted by Crippen LogP contribution is -2.49. The fraction of sp³-hybridized carbons (Fsp3) is 0.556.